The zero-order valence-corrected chi connectivity index (χ0v) is 16.9. The second-order valence-corrected chi connectivity index (χ2v) is 8.71. The number of fused-ring (bicyclic) bond motifs is 1. The third kappa shape index (κ3) is 3.99. The highest BCUT2D eigenvalue weighted by Gasteiger charge is 2.22. The summed E-state index contributed by atoms with van der Waals surface area (Å²) in [5.74, 6) is 1.40. The Morgan fingerprint density at radius 3 is 2.73 bits per heavy atom. The first-order valence-corrected chi connectivity index (χ1v) is 10.1. The molecule has 0 aliphatic carbocycles. The van der Waals surface area contributed by atoms with E-state index in [0.29, 0.717) is 21.6 Å². The highest BCUT2D eigenvalue weighted by Crippen LogP contribution is 2.26. The molecule has 6 nitrogen and oxygen atoms in total. The van der Waals surface area contributed by atoms with Crippen molar-refractivity contribution in [1.82, 2.24) is 19.8 Å². The molecule has 2 atom stereocenters. The van der Waals surface area contributed by atoms with Crippen LogP contribution in [0.15, 0.2) is 11.1 Å². The number of nitrogens with one attached hydrogen (secondary N) is 1. The summed E-state index contributed by atoms with van der Waals surface area (Å²) < 4.78 is 1.45. The predicted molar refractivity (Wildman–Crippen MR) is 106 cm³/mol. The van der Waals surface area contributed by atoms with E-state index in [0.717, 1.165) is 43.5 Å². The van der Waals surface area contributed by atoms with Crippen LogP contribution in [-0.4, -0.2) is 46.5 Å². The molecule has 0 saturated carbocycles. The number of nitrogens with zero attached hydrogens (tertiary/aromatic N) is 3. The first-order valence-electron chi connectivity index (χ1n) is 9.32. The van der Waals surface area contributed by atoms with Crippen LogP contribution in [0.25, 0.3) is 10.2 Å². The molecular weight excluding hydrogens is 348 g/mol. The Kier molecular flexibility index (Phi) is 5.77. The van der Waals surface area contributed by atoms with Crippen molar-refractivity contribution in [3.8, 4) is 0 Å². The van der Waals surface area contributed by atoms with Crippen molar-refractivity contribution in [1.29, 1.82) is 0 Å². The highest BCUT2D eigenvalue weighted by molar-refractivity contribution is 7.20. The summed E-state index contributed by atoms with van der Waals surface area (Å²) in [6.07, 6.45) is 3.75. The van der Waals surface area contributed by atoms with E-state index in [1.54, 1.807) is 7.05 Å². The van der Waals surface area contributed by atoms with Gasteiger partial charge >= 0.3 is 0 Å². The molecule has 1 aliphatic heterocycles. The largest absolute Gasteiger partial charge is 0.351 e. The zero-order chi connectivity index (χ0) is 18.8. The van der Waals surface area contributed by atoms with E-state index in [4.69, 9.17) is 0 Å². The van der Waals surface area contributed by atoms with E-state index < -0.39 is 0 Å². The Morgan fingerprint density at radius 2 is 2.04 bits per heavy atom. The maximum atomic E-state index is 12.5. The summed E-state index contributed by atoms with van der Waals surface area (Å²) in [6.45, 7) is 10.4. The van der Waals surface area contributed by atoms with Crippen molar-refractivity contribution in [2.24, 2.45) is 18.9 Å². The maximum absolute atomic E-state index is 12.5. The van der Waals surface area contributed by atoms with E-state index in [9.17, 15) is 9.59 Å². The molecule has 2 unspecified atom stereocenters. The molecule has 3 heterocycles. The van der Waals surface area contributed by atoms with Crippen molar-refractivity contribution in [2.75, 3.05) is 26.2 Å². The Balaban J connectivity index is 1.57. The predicted octanol–water partition coefficient (Wildman–Crippen LogP) is 2.40. The molecule has 1 aliphatic rings. The van der Waals surface area contributed by atoms with Gasteiger partial charge in [0.2, 0.25) is 0 Å². The molecule has 0 bridgehead atoms. The fraction of sp³-hybridized carbons (Fsp3) is 0.632. The molecule has 7 heteroatoms. The van der Waals surface area contributed by atoms with Crippen LogP contribution in [0, 0.1) is 18.8 Å². The number of carbonyl (C=O) groups is 1. The molecule has 1 saturated heterocycles. The number of piperidine rings is 1. The number of likely N-dealkylation sites (tertiary alicyclic amines) is 1. The molecule has 1 amide bonds. The molecule has 26 heavy (non-hydrogen) atoms. The fourth-order valence-electron chi connectivity index (χ4n) is 3.98. The second-order valence-electron chi connectivity index (χ2n) is 7.71. The number of aromatic nitrogens is 2. The molecule has 0 aromatic carbocycles. The summed E-state index contributed by atoms with van der Waals surface area (Å²) in [6, 6.07) is 0. The Labute approximate surface area is 158 Å². The lowest BCUT2D eigenvalue weighted by Gasteiger charge is -2.34. The summed E-state index contributed by atoms with van der Waals surface area (Å²) in [4.78, 5) is 32.8. The van der Waals surface area contributed by atoms with Gasteiger partial charge in [-0.25, -0.2) is 4.98 Å². The summed E-state index contributed by atoms with van der Waals surface area (Å²) in [5.41, 5.74) is 0.631. The lowest BCUT2D eigenvalue weighted by molar-refractivity contribution is 0.0951. The number of rotatable bonds is 5. The number of hydrogen-bond donors (Lipinski definition) is 1. The van der Waals surface area contributed by atoms with Gasteiger partial charge in [0.15, 0.2) is 0 Å². The third-order valence-corrected chi connectivity index (χ3v) is 6.30. The van der Waals surface area contributed by atoms with Gasteiger partial charge in [-0.05, 0) is 43.7 Å². The fourth-order valence-corrected chi connectivity index (χ4v) is 5.04. The molecule has 1 fully saturated rings. The van der Waals surface area contributed by atoms with Gasteiger partial charge in [-0.1, -0.05) is 13.8 Å². The first-order chi connectivity index (χ1) is 12.4. The van der Waals surface area contributed by atoms with Crippen molar-refractivity contribution in [3.05, 3.63) is 27.1 Å². The lowest BCUT2D eigenvalue weighted by Crippen LogP contribution is -2.40. The number of amides is 1. The van der Waals surface area contributed by atoms with Crippen LogP contribution in [-0.2, 0) is 7.05 Å². The van der Waals surface area contributed by atoms with Gasteiger partial charge in [0.1, 0.15) is 4.83 Å². The minimum atomic E-state index is -0.104. The standard InChI is InChI=1S/C19H28N4O2S/c1-12-8-13(2)10-23(9-12)7-5-6-20-17(24)16-14(3)15-18(26-16)21-11-22(4)19(15)25/h11-13H,5-10H2,1-4H3,(H,20,24). The first kappa shape index (κ1) is 19.0. The van der Waals surface area contributed by atoms with E-state index in [1.807, 2.05) is 6.92 Å². The molecule has 142 valence electrons. The van der Waals surface area contributed by atoms with E-state index in [2.05, 4.69) is 29.0 Å². The van der Waals surface area contributed by atoms with Crippen LogP contribution in [0.3, 0.4) is 0 Å². The van der Waals surface area contributed by atoms with Gasteiger partial charge in [-0.15, -0.1) is 11.3 Å². The molecule has 0 spiro atoms. The number of carbonyl (C=O) groups excluding carboxylic acids is 1. The maximum Gasteiger partial charge on any atom is 0.262 e. The smallest absolute Gasteiger partial charge is 0.262 e. The Hall–Kier alpha value is -1.73. The van der Waals surface area contributed by atoms with Crippen LogP contribution in [0.2, 0.25) is 0 Å². The molecule has 1 N–H and O–H groups in total. The van der Waals surface area contributed by atoms with E-state index >= 15 is 0 Å². The van der Waals surface area contributed by atoms with Gasteiger partial charge in [0.05, 0.1) is 16.6 Å². The van der Waals surface area contributed by atoms with Crippen LogP contribution in [0.5, 0.6) is 0 Å². The second kappa shape index (κ2) is 7.88. The van der Waals surface area contributed by atoms with E-state index in [-0.39, 0.29) is 11.5 Å². The summed E-state index contributed by atoms with van der Waals surface area (Å²) >= 11 is 1.29. The minimum Gasteiger partial charge on any atom is -0.351 e. The molecule has 3 rings (SSSR count). The average Bonchev–Trinajstić information content (AvgIpc) is 2.91. The monoisotopic (exact) mass is 376 g/mol. The van der Waals surface area contributed by atoms with Crippen molar-refractivity contribution < 1.29 is 4.79 Å². The van der Waals surface area contributed by atoms with Gasteiger partial charge < -0.3 is 14.8 Å². The molecule has 2 aromatic heterocycles. The van der Waals surface area contributed by atoms with Crippen molar-refractivity contribution in [2.45, 2.75) is 33.6 Å². The van der Waals surface area contributed by atoms with Crippen molar-refractivity contribution in [3.63, 3.8) is 0 Å². The van der Waals surface area contributed by atoms with Crippen LogP contribution >= 0.6 is 11.3 Å². The minimum absolute atomic E-state index is 0.101. The number of thiophene rings is 1. The topological polar surface area (TPSA) is 67.2 Å². The van der Waals surface area contributed by atoms with Crippen LogP contribution in [0.4, 0.5) is 0 Å². The third-order valence-electron chi connectivity index (χ3n) is 5.10. The molecular formula is C19H28N4O2S. The van der Waals surface area contributed by atoms with Crippen molar-refractivity contribution >= 4 is 27.5 Å². The average molecular weight is 377 g/mol. The van der Waals surface area contributed by atoms with Gasteiger partial charge in [-0.3, -0.25) is 9.59 Å². The van der Waals surface area contributed by atoms with Gasteiger partial charge in [0.25, 0.3) is 11.5 Å². The van der Waals surface area contributed by atoms with Gasteiger partial charge in [-0.2, -0.15) is 0 Å². The van der Waals surface area contributed by atoms with Gasteiger partial charge in [0, 0.05) is 26.7 Å². The molecule has 2 aromatic rings. The normalized spacial score (nSPS) is 21.2. The van der Waals surface area contributed by atoms with Crippen LogP contribution < -0.4 is 10.9 Å². The SMILES string of the molecule is Cc1c(C(=O)NCCCN2CC(C)CC(C)C2)sc2ncn(C)c(=O)c12. The molecule has 0 radical (unpaired) electrons. The number of aryl methyl sites for hydroxylation is 2. The zero-order valence-electron chi connectivity index (χ0n) is 16.0. The quantitative estimate of drug-likeness (QED) is 0.814. The van der Waals surface area contributed by atoms with E-state index in [1.165, 1.54) is 28.7 Å². The number of hydrogen-bond acceptors (Lipinski definition) is 5. The summed E-state index contributed by atoms with van der Waals surface area (Å²) in [7, 11) is 1.67. The lowest BCUT2D eigenvalue weighted by atomic mass is 9.92. The summed E-state index contributed by atoms with van der Waals surface area (Å²) in [5, 5.41) is 3.56. The van der Waals surface area contributed by atoms with Crippen LogP contribution in [0.1, 0.15) is 41.9 Å². The highest BCUT2D eigenvalue weighted by atomic mass is 32.1. The Morgan fingerprint density at radius 1 is 1.35 bits per heavy atom. The Bertz CT molecular complexity index is 847.